The van der Waals surface area contributed by atoms with Crippen molar-refractivity contribution < 1.29 is 14.7 Å². The summed E-state index contributed by atoms with van der Waals surface area (Å²) in [7, 11) is 1.45. The van der Waals surface area contributed by atoms with Crippen molar-refractivity contribution >= 4 is 11.9 Å². The molecule has 1 fully saturated rings. The molecule has 1 saturated carbocycles. The highest BCUT2D eigenvalue weighted by Gasteiger charge is 2.25. The van der Waals surface area contributed by atoms with E-state index in [0.717, 1.165) is 32.1 Å². The minimum Gasteiger partial charge on any atom is -0.392 e. The summed E-state index contributed by atoms with van der Waals surface area (Å²) in [6.45, 7) is 1.69. The van der Waals surface area contributed by atoms with Crippen LogP contribution in [0, 0.1) is 0 Å². The number of amides is 3. The molecule has 0 aromatic carbocycles. The van der Waals surface area contributed by atoms with Crippen molar-refractivity contribution in [1.29, 1.82) is 0 Å². The Hall–Kier alpha value is -1.14. The third kappa shape index (κ3) is 4.62. The van der Waals surface area contributed by atoms with Crippen LogP contribution in [-0.4, -0.2) is 42.3 Å². The minimum absolute atomic E-state index is 0.0714. The molecule has 0 radical (unpaired) electrons. The molecule has 3 atom stereocenters. The van der Waals surface area contributed by atoms with E-state index >= 15 is 0 Å². The molecule has 1 aliphatic rings. The van der Waals surface area contributed by atoms with Crippen molar-refractivity contribution in [2.24, 2.45) is 0 Å². The van der Waals surface area contributed by atoms with Crippen LogP contribution >= 0.6 is 0 Å². The molecule has 104 valence electrons. The van der Waals surface area contributed by atoms with Crippen LogP contribution in [-0.2, 0) is 4.79 Å². The summed E-state index contributed by atoms with van der Waals surface area (Å²) in [5.41, 5.74) is 0. The van der Waals surface area contributed by atoms with Crippen LogP contribution < -0.4 is 16.0 Å². The normalized spacial score (nSPS) is 25.9. The maximum absolute atomic E-state index is 11.7. The second-order valence-electron chi connectivity index (χ2n) is 4.77. The van der Waals surface area contributed by atoms with Gasteiger partial charge in [-0.05, 0) is 19.8 Å². The topological polar surface area (TPSA) is 90.5 Å². The lowest BCUT2D eigenvalue weighted by atomic mass is 10.1. The quantitative estimate of drug-likeness (QED) is 0.540. The molecule has 0 saturated heterocycles. The van der Waals surface area contributed by atoms with Gasteiger partial charge in [0.15, 0.2) is 0 Å². The number of urea groups is 1. The summed E-state index contributed by atoms with van der Waals surface area (Å²) >= 11 is 0. The summed E-state index contributed by atoms with van der Waals surface area (Å²) in [6, 6.07) is -1.09. The largest absolute Gasteiger partial charge is 0.392 e. The average molecular weight is 257 g/mol. The number of carbonyl (C=O) groups excluding carboxylic acids is 2. The van der Waals surface area contributed by atoms with Crippen molar-refractivity contribution in [3.8, 4) is 0 Å². The Labute approximate surface area is 108 Å². The minimum atomic E-state index is -0.518. The Morgan fingerprint density at radius 1 is 1.22 bits per heavy atom. The lowest BCUT2D eigenvalue weighted by Gasteiger charge is -2.25. The fourth-order valence-electron chi connectivity index (χ4n) is 2.16. The van der Waals surface area contributed by atoms with E-state index in [9.17, 15) is 14.7 Å². The van der Waals surface area contributed by atoms with Crippen molar-refractivity contribution in [2.75, 3.05) is 7.05 Å². The fourth-order valence-corrected chi connectivity index (χ4v) is 2.16. The molecule has 3 unspecified atom stereocenters. The number of hydrogen-bond acceptors (Lipinski definition) is 4. The highest BCUT2D eigenvalue weighted by Crippen LogP contribution is 2.18. The van der Waals surface area contributed by atoms with Gasteiger partial charge in [0, 0.05) is 13.1 Å². The van der Waals surface area contributed by atoms with Gasteiger partial charge in [-0.1, -0.05) is 19.3 Å². The molecule has 1 aliphatic carbocycles. The lowest BCUT2D eigenvalue weighted by Crippen LogP contribution is -2.52. The lowest BCUT2D eigenvalue weighted by molar-refractivity contribution is -0.122. The number of hydrogen-bond donors (Lipinski definition) is 4. The first-order valence-electron chi connectivity index (χ1n) is 6.51. The molecule has 6 nitrogen and oxygen atoms in total. The van der Waals surface area contributed by atoms with Gasteiger partial charge in [-0.25, -0.2) is 4.79 Å². The SMILES string of the molecule is CNC(=O)NC(=O)C(C)NC1CCCCCC1O. The Balaban J connectivity index is 2.44. The van der Waals surface area contributed by atoms with E-state index in [2.05, 4.69) is 16.0 Å². The maximum atomic E-state index is 11.7. The van der Waals surface area contributed by atoms with Crippen molar-refractivity contribution in [3.63, 3.8) is 0 Å². The summed E-state index contributed by atoms with van der Waals surface area (Å²) < 4.78 is 0. The molecule has 3 amide bonds. The van der Waals surface area contributed by atoms with Crippen LogP contribution in [0.3, 0.4) is 0 Å². The molecule has 0 spiro atoms. The van der Waals surface area contributed by atoms with Crippen molar-refractivity contribution in [3.05, 3.63) is 0 Å². The van der Waals surface area contributed by atoms with Gasteiger partial charge in [-0.15, -0.1) is 0 Å². The molecule has 0 aromatic heterocycles. The van der Waals surface area contributed by atoms with Gasteiger partial charge in [0.2, 0.25) is 5.91 Å². The van der Waals surface area contributed by atoms with E-state index in [-0.39, 0.29) is 11.9 Å². The van der Waals surface area contributed by atoms with Gasteiger partial charge in [0.05, 0.1) is 12.1 Å². The first-order valence-corrected chi connectivity index (χ1v) is 6.51. The summed E-state index contributed by atoms with van der Waals surface area (Å²) in [5, 5.41) is 17.6. The second-order valence-corrected chi connectivity index (χ2v) is 4.77. The van der Waals surface area contributed by atoms with E-state index in [1.807, 2.05) is 0 Å². The van der Waals surface area contributed by atoms with Crippen molar-refractivity contribution in [2.45, 2.75) is 57.2 Å². The summed E-state index contributed by atoms with van der Waals surface area (Å²) in [4.78, 5) is 22.7. The molecule has 1 rings (SSSR count). The van der Waals surface area contributed by atoms with Crippen LogP contribution in [0.1, 0.15) is 39.0 Å². The van der Waals surface area contributed by atoms with Gasteiger partial charge < -0.3 is 15.7 Å². The zero-order valence-corrected chi connectivity index (χ0v) is 11.0. The molecule has 0 aromatic rings. The summed E-state index contributed by atoms with van der Waals surface area (Å²) in [5.74, 6) is -0.384. The third-order valence-corrected chi connectivity index (χ3v) is 3.30. The van der Waals surface area contributed by atoms with Gasteiger partial charge >= 0.3 is 6.03 Å². The Morgan fingerprint density at radius 3 is 2.56 bits per heavy atom. The molecule has 0 bridgehead atoms. The summed E-state index contributed by atoms with van der Waals surface area (Å²) in [6.07, 6.45) is 4.41. The van der Waals surface area contributed by atoms with Crippen LogP contribution in [0.4, 0.5) is 4.79 Å². The van der Waals surface area contributed by atoms with E-state index < -0.39 is 18.2 Å². The average Bonchev–Trinajstić information content (AvgIpc) is 2.54. The monoisotopic (exact) mass is 257 g/mol. The molecule has 0 heterocycles. The zero-order valence-electron chi connectivity index (χ0n) is 11.0. The molecular formula is C12H23N3O3. The van der Waals surface area contributed by atoms with Gasteiger partial charge in [-0.2, -0.15) is 0 Å². The van der Waals surface area contributed by atoms with Crippen LogP contribution in [0.15, 0.2) is 0 Å². The Kier molecular flexibility index (Phi) is 6.07. The van der Waals surface area contributed by atoms with E-state index in [4.69, 9.17) is 0 Å². The number of nitrogens with one attached hydrogen (secondary N) is 3. The van der Waals surface area contributed by atoms with Gasteiger partial charge in [-0.3, -0.25) is 10.1 Å². The van der Waals surface area contributed by atoms with E-state index in [1.165, 1.54) is 7.05 Å². The van der Waals surface area contributed by atoms with Gasteiger partial charge in [0.1, 0.15) is 0 Å². The Bertz CT molecular complexity index is 296. The van der Waals surface area contributed by atoms with E-state index in [1.54, 1.807) is 6.92 Å². The molecular weight excluding hydrogens is 234 g/mol. The maximum Gasteiger partial charge on any atom is 0.321 e. The highest BCUT2D eigenvalue weighted by atomic mass is 16.3. The molecule has 18 heavy (non-hydrogen) atoms. The standard InChI is InChI=1S/C12H23N3O3/c1-8(11(17)15-12(18)13-2)14-9-6-4-3-5-7-10(9)16/h8-10,14,16H,3-7H2,1-2H3,(H2,13,15,17,18). The third-order valence-electron chi connectivity index (χ3n) is 3.30. The number of aliphatic hydroxyl groups excluding tert-OH is 1. The first kappa shape index (κ1) is 14.9. The smallest absolute Gasteiger partial charge is 0.321 e. The van der Waals surface area contributed by atoms with Crippen molar-refractivity contribution in [1.82, 2.24) is 16.0 Å². The number of aliphatic hydroxyl groups is 1. The highest BCUT2D eigenvalue weighted by molar-refractivity contribution is 5.96. The number of carbonyl (C=O) groups is 2. The Morgan fingerprint density at radius 2 is 1.89 bits per heavy atom. The second kappa shape index (κ2) is 7.33. The fraction of sp³-hybridized carbons (Fsp3) is 0.833. The van der Waals surface area contributed by atoms with Gasteiger partial charge in [0.25, 0.3) is 0 Å². The van der Waals surface area contributed by atoms with Crippen LogP contribution in [0.5, 0.6) is 0 Å². The first-order chi connectivity index (χ1) is 8.54. The molecule has 0 aliphatic heterocycles. The number of rotatable bonds is 3. The predicted octanol–water partition coefficient (Wildman–Crippen LogP) is 0.114. The van der Waals surface area contributed by atoms with Crippen LogP contribution in [0.2, 0.25) is 0 Å². The number of imide groups is 1. The van der Waals surface area contributed by atoms with Crippen LogP contribution in [0.25, 0.3) is 0 Å². The molecule has 4 N–H and O–H groups in total. The predicted molar refractivity (Wildman–Crippen MR) is 68.1 cm³/mol. The zero-order chi connectivity index (χ0) is 13.5. The van der Waals surface area contributed by atoms with E-state index in [0.29, 0.717) is 0 Å². The molecule has 6 heteroatoms.